The summed E-state index contributed by atoms with van der Waals surface area (Å²) in [6, 6.07) is 13.3. The quantitative estimate of drug-likeness (QED) is 0.415. The van der Waals surface area contributed by atoms with E-state index in [2.05, 4.69) is 44.3 Å². The molecule has 1 saturated heterocycles. The van der Waals surface area contributed by atoms with Gasteiger partial charge >= 0.3 is 0 Å². The third-order valence-electron chi connectivity index (χ3n) is 7.80. The average Bonchev–Trinajstić information content (AvgIpc) is 3.36. The largest absolute Gasteiger partial charge is 0.457 e. The minimum atomic E-state index is -0.467. The predicted molar refractivity (Wildman–Crippen MR) is 164 cm³/mol. The summed E-state index contributed by atoms with van der Waals surface area (Å²) in [5.74, 6) is -0.100. The lowest BCUT2D eigenvalue weighted by Gasteiger charge is -2.34. The van der Waals surface area contributed by atoms with Crippen molar-refractivity contribution in [2.45, 2.75) is 27.2 Å². The molecule has 3 heterocycles. The molecule has 5 rings (SSSR count). The highest BCUT2D eigenvalue weighted by Gasteiger charge is 2.30. The van der Waals surface area contributed by atoms with Crippen LogP contribution in [0.5, 0.6) is 5.75 Å². The first-order valence-corrected chi connectivity index (χ1v) is 14.2. The molecule has 2 N–H and O–H groups in total. The van der Waals surface area contributed by atoms with Crippen molar-refractivity contribution >= 4 is 34.0 Å². The fraction of sp³-hybridized carbons (Fsp3) is 0.375. The normalized spacial score (nSPS) is 22.0. The number of nitrogens with one attached hydrogen (secondary N) is 2. The minimum absolute atomic E-state index is 0.0729. The summed E-state index contributed by atoms with van der Waals surface area (Å²) in [5, 5.41) is 3.86. The molecule has 1 atom stereocenters. The molecule has 8 nitrogen and oxygen atoms in total. The number of halogens is 1. The van der Waals surface area contributed by atoms with Crippen molar-refractivity contribution in [3.8, 4) is 5.75 Å². The Morgan fingerprint density at radius 3 is 2.73 bits per heavy atom. The van der Waals surface area contributed by atoms with E-state index in [1.54, 1.807) is 36.3 Å². The van der Waals surface area contributed by atoms with Crippen LogP contribution < -0.4 is 15.0 Å². The number of fused-ring (bicyclic) bond motifs is 1. The second kappa shape index (κ2) is 12.2. The van der Waals surface area contributed by atoms with Gasteiger partial charge in [-0.3, -0.25) is 4.79 Å². The van der Waals surface area contributed by atoms with Crippen LogP contribution in [0.3, 0.4) is 0 Å². The fourth-order valence-electron chi connectivity index (χ4n) is 5.18. The number of rotatable bonds is 6. The Labute approximate surface area is 241 Å². The molecule has 3 aromatic rings. The van der Waals surface area contributed by atoms with E-state index in [-0.39, 0.29) is 17.6 Å². The van der Waals surface area contributed by atoms with Crippen LogP contribution in [-0.4, -0.2) is 73.3 Å². The van der Waals surface area contributed by atoms with E-state index < -0.39 is 5.82 Å². The summed E-state index contributed by atoms with van der Waals surface area (Å²) < 4.78 is 22.0. The predicted octanol–water partition coefficient (Wildman–Crippen LogP) is 5.54. The molecule has 2 aliphatic rings. The number of aromatic amines is 1. The van der Waals surface area contributed by atoms with Gasteiger partial charge in [-0.25, -0.2) is 9.38 Å². The Kier molecular flexibility index (Phi) is 8.44. The second-order valence-corrected chi connectivity index (χ2v) is 10.9. The second-order valence-electron chi connectivity index (χ2n) is 10.9. The van der Waals surface area contributed by atoms with Crippen molar-refractivity contribution in [1.29, 1.82) is 0 Å². The van der Waals surface area contributed by atoms with E-state index in [0.29, 0.717) is 41.0 Å². The number of hydrogen-bond acceptors (Lipinski definition) is 6. The summed E-state index contributed by atoms with van der Waals surface area (Å²) in [7, 11) is 3.88. The van der Waals surface area contributed by atoms with Gasteiger partial charge in [0.05, 0.1) is 0 Å². The van der Waals surface area contributed by atoms with Gasteiger partial charge in [0, 0.05) is 79.9 Å². The summed E-state index contributed by atoms with van der Waals surface area (Å²) in [5.41, 5.74) is 3.76. The van der Waals surface area contributed by atoms with E-state index >= 15 is 4.39 Å². The van der Waals surface area contributed by atoms with E-state index in [1.807, 2.05) is 39.0 Å². The monoisotopic (exact) mass is 558 g/mol. The summed E-state index contributed by atoms with van der Waals surface area (Å²) in [6.45, 7) is 10.2. The Morgan fingerprint density at radius 1 is 1.20 bits per heavy atom. The van der Waals surface area contributed by atoms with Crippen LogP contribution in [0.2, 0.25) is 0 Å². The van der Waals surface area contributed by atoms with Crippen molar-refractivity contribution in [3.63, 3.8) is 0 Å². The number of anilines is 2. The van der Waals surface area contributed by atoms with Crippen molar-refractivity contribution in [2.24, 2.45) is 10.9 Å². The van der Waals surface area contributed by atoms with E-state index in [4.69, 9.17) is 4.74 Å². The van der Waals surface area contributed by atoms with Crippen LogP contribution in [0.4, 0.5) is 15.8 Å². The van der Waals surface area contributed by atoms with Crippen molar-refractivity contribution in [3.05, 3.63) is 77.6 Å². The van der Waals surface area contributed by atoms with Gasteiger partial charge in [0.2, 0.25) is 0 Å². The standard InChI is InChI=1S/C32H39FN6O2/c1-6-38(5)32(40)28-30(41-27-13-12-26-25(29(27)33)19-22(3)35-26)21(2)9-8-14-34-31(28)36-23-10-7-11-24(20-23)39-17-15-37(4)16-18-39/h7-8,10-14,19-21,35H,6,9,15-18H2,1-5H3,(H,34,36)/b14-8+,30-28-. The first kappa shape index (κ1) is 28.4. The number of ether oxygens (including phenoxy) is 1. The van der Waals surface area contributed by atoms with Gasteiger partial charge in [0.15, 0.2) is 11.6 Å². The summed E-state index contributed by atoms with van der Waals surface area (Å²) in [6.07, 6.45) is 4.25. The Balaban J connectivity index is 1.56. The summed E-state index contributed by atoms with van der Waals surface area (Å²) in [4.78, 5) is 28.0. The van der Waals surface area contributed by atoms with Crippen LogP contribution >= 0.6 is 0 Å². The van der Waals surface area contributed by atoms with E-state index in [9.17, 15) is 4.79 Å². The number of aliphatic imine (C=N–C) groups is 1. The number of nitrogens with zero attached hydrogens (tertiary/aromatic N) is 4. The number of piperazine rings is 1. The zero-order chi connectivity index (χ0) is 29.1. The van der Waals surface area contributed by atoms with E-state index in [0.717, 1.165) is 43.2 Å². The van der Waals surface area contributed by atoms with Gasteiger partial charge in [0.25, 0.3) is 5.91 Å². The van der Waals surface area contributed by atoms with Gasteiger partial charge in [-0.1, -0.05) is 19.1 Å². The molecule has 0 radical (unpaired) electrons. The lowest BCUT2D eigenvalue weighted by molar-refractivity contribution is -0.125. The molecule has 2 aliphatic heterocycles. The van der Waals surface area contributed by atoms with Crippen LogP contribution in [0.1, 0.15) is 26.0 Å². The Bertz CT molecular complexity index is 1520. The number of allylic oxidation sites excluding steroid dienone is 2. The number of aromatic nitrogens is 1. The lowest BCUT2D eigenvalue weighted by Crippen LogP contribution is -2.44. The Hall–Kier alpha value is -4.11. The molecule has 0 bridgehead atoms. The molecule has 0 saturated carbocycles. The van der Waals surface area contributed by atoms with Gasteiger partial charge in [-0.15, -0.1) is 0 Å². The third-order valence-corrected chi connectivity index (χ3v) is 7.80. The molecule has 2 aromatic carbocycles. The molecule has 9 heteroatoms. The zero-order valence-electron chi connectivity index (χ0n) is 24.5. The molecular weight excluding hydrogens is 519 g/mol. The van der Waals surface area contributed by atoms with Crippen LogP contribution in [0.25, 0.3) is 10.9 Å². The summed E-state index contributed by atoms with van der Waals surface area (Å²) >= 11 is 0. The van der Waals surface area contributed by atoms with Crippen LogP contribution in [0.15, 0.2) is 71.1 Å². The number of hydrogen-bond donors (Lipinski definition) is 2. The number of amides is 1. The maximum absolute atomic E-state index is 15.7. The minimum Gasteiger partial charge on any atom is -0.457 e. The van der Waals surface area contributed by atoms with Crippen molar-refractivity contribution < 1.29 is 13.9 Å². The average molecular weight is 559 g/mol. The molecule has 1 amide bonds. The maximum Gasteiger partial charge on any atom is 0.260 e. The van der Waals surface area contributed by atoms with Gasteiger partial charge < -0.3 is 29.7 Å². The zero-order valence-corrected chi connectivity index (χ0v) is 24.5. The van der Waals surface area contributed by atoms with Crippen LogP contribution in [0, 0.1) is 18.7 Å². The topological polar surface area (TPSA) is 76.2 Å². The number of H-pyrrole nitrogens is 1. The SMILES string of the molecule is CCN(C)C(=O)C1=C(\Oc2ccc3[nH]c(C)cc3c2F)C(C)C/C=C/N=C\1Nc1cccc(N2CCN(C)CC2)c1. The highest BCUT2D eigenvalue weighted by molar-refractivity contribution is 6.25. The Morgan fingerprint density at radius 2 is 1.98 bits per heavy atom. The lowest BCUT2D eigenvalue weighted by atomic mass is 9.98. The first-order chi connectivity index (χ1) is 19.7. The van der Waals surface area contributed by atoms with Crippen molar-refractivity contribution in [1.82, 2.24) is 14.8 Å². The van der Waals surface area contributed by atoms with Crippen molar-refractivity contribution in [2.75, 3.05) is 57.0 Å². The molecule has 0 aliphatic carbocycles. The molecule has 216 valence electrons. The molecule has 1 aromatic heterocycles. The number of carbonyl (C=O) groups excluding carboxylic acids is 1. The molecule has 41 heavy (non-hydrogen) atoms. The molecular formula is C32H39FN6O2. The van der Waals surface area contributed by atoms with Gasteiger partial charge in [-0.05, 0) is 63.7 Å². The van der Waals surface area contributed by atoms with Crippen LogP contribution in [-0.2, 0) is 4.79 Å². The number of amidine groups is 1. The highest BCUT2D eigenvalue weighted by Crippen LogP contribution is 2.33. The third kappa shape index (κ3) is 6.15. The van der Waals surface area contributed by atoms with Gasteiger partial charge in [0.1, 0.15) is 17.2 Å². The fourth-order valence-corrected chi connectivity index (χ4v) is 5.18. The number of aryl methyl sites for hydroxylation is 1. The molecule has 1 unspecified atom stereocenters. The number of benzene rings is 2. The molecule has 0 spiro atoms. The van der Waals surface area contributed by atoms with E-state index in [1.165, 1.54) is 0 Å². The smallest absolute Gasteiger partial charge is 0.260 e. The first-order valence-electron chi connectivity index (χ1n) is 14.2. The number of likely N-dealkylation sites (N-methyl/N-ethyl adjacent to an activating group) is 2. The molecule has 1 fully saturated rings. The maximum atomic E-state index is 15.7. The highest BCUT2D eigenvalue weighted by atomic mass is 19.1. The number of carbonyl (C=O) groups is 1. The van der Waals surface area contributed by atoms with Gasteiger partial charge in [-0.2, -0.15) is 0 Å².